The Kier molecular flexibility index (Phi) is 7.47. The topological polar surface area (TPSA) is 181 Å². The first kappa shape index (κ1) is 23.8. The highest BCUT2D eigenvalue weighted by Gasteiger charge is 2.40. The summed E-state index contributed by atoms with van der Waals surface area (Å²) in [5.74, 6) is -2.44. The van der Waals surface area contributed by atoms with E-state index < -0.39 is 37.8 Å². The number of carbonyl (C=O) groups is 1. The fourth-order valence-corrected chi connectivity index (χ4v) is 4.08. The molecule has 4 atom stereocenters. The number of carbonyl (C=O) groups excluding carboxylic acids is 1. The van der Waals surface area contributed by atoms with Crippen molar-refractivity contribution < 1.29 is 33.7 Å². The van der Waals surface area contributed by atoms with Crippen molar-refractivity contribution in [3.8, 4) is 0 Å². The lowest BCUT2D eigenvalue weighted by atomic mass is 10.2. The Morgan fingerprint density at radius 2 is 2.16 bits per heavy atom. The maximum absolute atomic E-state index is 11.9. The summed E-state index contributed by atoms with van der Waals surface area (Å²) in [4.78, 5) is 43.3. The van der Waals surface area contributed by atoms with Crippen molar-refractivity contribution in [1.29, 1.82) is 0 Å². The summed E-state index contributed by atoms with van der Waals surface area (Å²) in [5, 5.41) is 15.8. The number of anilines is 1. The van der Waals surface area contributed by atoms with Gasteiger partial charge in [-0.15, -0.1) is 0 Å². The fraction of sp³-hybridized carbons (Fsp3) is 0.625. The van der Waals surface area contributed by atoms with Gasteiger partial charge in [-0.25, -0.2) is 4.98 Å². The van der Waals surface area contributed by atoms with E-state index >= 15 is 0 Å². The predicted molar refractivity (Wildman–Crippen MR) is 109 cm³/mol. The molecule has 5 N–H and O–H groups in total. The van der Waals surface area contributed by atoms with Gasteiger partial charge in [-0.1, -0.05) is 0 Å². The second-order valence-corrected chi connectivity index (χ2v) is 8.80. The molecule has 0 bridgehead atoms. The quantitative estimate of drug-likeness (QED) is 0.245. The highest BCUT2D eigenvalue weighted by atomic mass is 35.5. The van der Waals surface area contributed by atoms with Crippen LogP contribution in [0, 0.1) is 0 Å². The van der Waals surface area contributed by atoms with E-state index in [2.05, 4.69) is 25.6 Å². The second kappa shape index (κ2) is 9.74. The van der Waals surface area contributed by atoms with Crippen molar-refractivity contribution in [2.45, 2.75) is 44.5 Å². The van der Waals surface area contributed by atoms with E-state index in [-0.39, 0.29) is 24.9 Å². The van der Waals surface area contributed by atoms with Gasteiger partial charge in [-0.3, -0.25) is 13.9 Å². The number of rotatable bonds is 9. The lowest BCUT2D eigenvalue weighted by Gasteiger charge is -2.20. The van der Waals surface area contributed by atoms with Crippen molar-refractivity contribution in [2.75, 3.05) is 25.0 Å². The number of amides is 1. The Bertz CT molecular complexity index is 985. The molecule has 2 aromatic rings. The van der Waals surface area contributed by atoms with Gasteiger partial charge in [-0.2, -0.15) is 9.97 Å². The summed E-state index contributed by atoms with van der Waals surface area (Å²) in [6.07, 6.45) is -1.07. The van der Waals surface area contributed by atoms with Crippen LogP contribution in [-0.2, 0) is 18.8 Å². The smallest absolute Gasteiger partial charge is 0.363 e. The predicted octanol–water partition coefficient (Wildman–Crippen LogP) is 0.216. The van der Waals surface area contributed by atoms with E-state index in [1.807, 2.05) is 6.92 Å². The van der Waals surface area contributed by atoms with E-state index in [0.29, 0.717) is 23.5 Å². The Hall–Kier alpha value is -1.86. The van der Waals surface area contributed by atoms with Crippen molar-refractivity contribution in [3.63, 3.8) is 0 Å². The molecule has 0 saturated carbocycles. The normalized spacial score (nSPS) is 22.6. The van der Waals surface area contributed by atoms with Gasteiger partial charge in [0.15, 0.2) is 23.2 Å². The number of imidazole rings is 1. The van der Waals surface area contributed by atoms with E-state index in [0.717, 1.165) is 0 Å². The molecular weight excluding hydrogens is 455 g/mol. The van der Waals surface area contributed by atoms with Crippen LogP contribution in [0.2, 0.25) is 5.28 Å². The molecule has 1 fully saturated rings. The number of aliphatic hydroxyl groups is 1. The number of ether oxygens (including phenoxy) is 2. The maximum Gasteiger partial charge on any atom is 0.363 e. The molecule has 0 unspecified atom stereocenters. The number of halogens is 1. The molecule has 1 saturated heterocycles. The number of likely N-dealkylation sites (N-methyl/N-ethyl adjacent to an activating group) is 1. The van der Waals surface area contributed by atoms with Crippen LogP contribution in [0.1, 0.15) is 26.5 Å². The molecule has 3 rings (SSSR count). The molecule has 0 spiro atoms. The number of aliphatic hydroxyl groups excluding tert-OH is 1. The Morgan fingerprint density at radius 3 is 2.81 bits per heavy atom. The number of hydrogen-bond donors (Lipinski definition) is 5. The van der Waals surface area contributed by atoms with E-state index in [1.54, 1.807) is 6.92 Å². The molecule has 1 amide bonds. The van der Waals surface area contributed by atoms with Gasteiger partial charge >= 0.3 is 7.60 Å². The zero-order chi connectivity index (χ0) is 22.8. The van der Waals surface area contributed by atoms with Crippen LogP contribution < -0.4 is 10.6 Å². The minimum absolute atomic E-state index is 0.0102. The van der Waals surface area contributed by atoms with Gasteiger partial charge < -0.3 is 35.0 Å². The summed E-state index contributed by atoms with van der Waals surface area (Å²) in [6, 6.07) is 0. The summed E-state index contributed by atoms with van der Waals surface area (Å²) in [7, 11) is -4.85. The lowest BCUT2D eigenvalue weighted by molar-refractivity contribution is -0.131. The van der Waals surface area contributed by atoms with Gasteiger partial charge in [0, 0.05) is 19.5 Å². The number of fused-ring (bicyclic) bond motifs is 1. The molecule has 2 aromatic heterocycles. The number of aromatic nitrogens is 4. The lowest BCUT2D eigenvalue weighted by Crippen LogP contribution is -2.37. The highest BCUT2D eigenvalue weighted by molar-refractivity contribution is 7.53. The monoisotopic (exact) mass is 478 g/mol. The third-order valence-electron chi connectivity index (χ3n) is 4.50. The minimum Gasteiger partial charge on any atom is -0.388 e. The van der Waals surface area contributed by atoms with Crippen LogP contribution in [0.25, 0.3) is 11.2 Å². The summed E-state index contributed by atoms with van der Waals surface area (Å²) >= 11 is 6.00. The average molecular weight is 479 g/mol. The third-order valence-corrected chi connectivity index (χ3v) is 5.66. The Labute approximate surface area is 182 Å². The first-order valence-corrected chi connectivity index (χ1v) is 11.6. The average Bonchev–Trinajstić information content (AvgIpc) is 3.24. The van der Waals surface area contributed by atoms with Crippen LogP contribution in [-0.4, -0.2) is 78.1 Å². The minimum atomic E-state index is -4.85. The molecule has 172 valence electrons. The zero-order valence-corrected chi connectivity index (χ0v) is 18.5. The van der Waals surface area contributed by atoms with Crippen molar-refractivity contribution >= 4 is 42.1 Å². The molecule has 1 aliphatic heterocycles. The van der Waals surface area contributed by atoms with Gasteiger partial charge in [0.2, 0.25) is 11.1 Å². The number of hydrogen-bond acceptors (Lipinski definition) is 9. The van der Waals surface area contributed by atoms with Crippen LogP contribution >= 0.6 is 19.2 Å². The molecule has 0 aromatic carbocycles. The number of nitrogens with one attached hydrogen (secondary N) is 2. The number of nitrogens with zero attached hydrogens (tertiary/aromatic N) is 4. The molecule has 13 nitrogen and oxygen atoms in total. The van der Waals surface area contributed by atoms with Crippen LogP contribution in [0.5, 0.6) is 0 Å². The maximum atomic E-state index is 11.9. The molecule has 1 aliphatic rings. The van der Waals surface area contributed by atoms with Crippen LogP contribution in [0.3, 0.4) is 0 Å². The molecule has 0 aliphatic carbocycles. The van der Waals surface area contributed by atoms with Gasteiger partial charge in [0.25, 0.3) is 5.91 Å². The van der Waals surface area contributed by atoms with Gasteiger partial charge in [0.1, 0.15) is 6.10 Å². The van der Waals surface area contributed by atoms with Crippen molar-refractivity contribution in [2.24, 2.45) is 0 Å². The van der Waals surface area contributed by atoms with E-state index in [1.165, 1.54) is 10.9 Å². The van der Waals surface area contributed by atoms with Crippen LogP contribution in [0.15, 0.2) is 6.33 Å². The van der Waals surface area contributed by atoms with E-state index in [9.17, 15) is 24.3 Å². The SMILES string of the molecule is CCNC(=O)[C@H](OC[C@@H]1C[C@@H](O)[C@H](n2cnc3c(NCC)nc(Cl)nc32)O1)P(=O)(O)O. The molecule has 31 heavy (non-hydrogen) atoms. The molecule has 3 heterocycles. The van der Waals surface area contributed by atoms with Crippen molar-refractivity contribution in [3.05, 3.63) is 11.6 Å². The molecule has 15 heteroatoms. The van der Waals surface area contributed by atoms with Gasteiger partial charge in [0.05, 0.1) is 19.0 Å². The molecule has 0 radical (unpaired) electrons. The summed E-state index contributed by atoms with van der Waals surface area (Å²) < 4.78 is 24.1. The zero-order valence-electron chi connectivity index (χ0n) is 16.8. The first-order chi connectivity index (χ1) is 14.7. The standard InChI is InChI=1S/C16H24ClN6O7P/c1-3-18-11-10-12(22-16(17)21-11)23(7-20-10)14-9(24)5-8(30-14)6-29-15(31(26,27)28)13(25)19-4-2/h7-9,14-15,24H,3-6H2,1-2H3,(H,19,25)(H,18,21,22)(H2,26,27,28)/t8-,9+,14+,15+/m0/s1. The first-order valence-electron chi connectivity index (χ1n) is 9.57. The summed E-state index contributed by atoms with van der Waals surface area (Å²) in [6.45, 7) is 3.96. The van der Waals surface area contributed by atoms with E-state index in [4.69, 9.17) is 21.1 Å². The Balaban J connectivity index is 1.75. The summed E-state index contributed by atoms with van der Waals surface area (Å²) in [5.41, 5.74) is 0.788. The Morgan fingerprint density at radius 1 is 1.42 bits per heavy atom. The highest BCUT2D eigenvalue weighted by Crippen LogP contribution is 2.42. The van der Waals surface area contributed by atoms with Crippen LogP contribution in [0.4, 0.5) is 5.82 Å². The largest absolute Gasteiger partial charge is 0.388 e. The van der Waals surface area contributed by atoms with Gasteiger partial charge in [-0.05, 0) is 25.4 Å². The second-order valence-electron chi connectivity index (χ2n) is 6.82. The third kappa shape index (κ3) is 5.32. The molecular formula is C16H24ClN6O7P. The van der Waals surface area contributed by atoms with Crippen molar-refractivity contribution in [1.82, 2.24) is 24.8 Å². The fourth-order valence-electron chi connectivity index (χ4n) is 3.24.